The van der Waals surface area contributed by atoms with Crippen molar-refractivity contribution in [3.05, 3.63) is 77.6 Å². The summed E-state index contributed by atoms with van der Waals surface area (Å²) in [6, 6.07) is 16.8. The molecule has 5 rings (SSSR count). The zero-order valence-corrected chi connectivity index (χ0v) is 18.0. The Morgan fingerprint density at radius 3 is 2.70 bits per heavy atom. The minimum atomic E-state index is 0.0949. The first-order valence-corrected chi connectivity index (χ1v) is 11.1. The molecular formula is C24H24N4OS. The molecule has 0 aliphatic carbocycles. The maximum Gasteiger partial charge on any atom is 0.266 e. The van der Waals surface area contributed by atoms with Crippen LogP contribution in [0.5, 0.6) is 0 Å². The zero-order chi connectivity index (χ0) is 20.7. The molecule has 5 nitrogen and oxygen atoms in total. The van der Waals surface area contributed by atoms with E-state index in [1.54, 1.807) is 6.20 Å². The number of aryl methyl sites for hydroxylation is 1. The predicted molar refractivity (Wildman–Crippen MR) is 123 cm³/mol. The number of thiophene rings is 1. The third-order valence-electron chi connectivity index (χ3n) is 5.74. The third kappa shape index (κ3) is 3.27. The van der Waals surface area contributed by atoms with Gasteiger partial charge in [-0.3, -0.25) is 4.79 Å². The molecule has 0 radical (unpaired) electrons. The quantitative estimate of drug-likeness (QED) is 0.484. The molecule has 30 heavy (non-hydrogen) atoms. The number of amides is 1. The number of hydrogen-bond acceptors (Lipinski definition) is 4. The summed E-state index contributed by atoms with van der Waals surface area (Å²) in [6.45, 7) is 6.56. The van der Waals surface area contributed by atoms with E-state index in [0.29, 0.717) is 13.1 Å². The van der Waals surface area contributed by atoms with Crippen LogP contribution in [0.15, 0.2) is 67.1 Å². The Morgan fingerprint density at radius 2 is 1.93 bits per heavy atom. The molecule has 1 amide bonds. The highest BCUT2D eigenvalue weighted by Gasteiger charge is 2.30. The van der Waals surface area contributed by atoms with E-state index >= 15 is 0 Å². The van der Waals surface area contributed by atoms with Gasteiger partial charge >= 0.3 is 0 Å². The lowest BCUT2D eigenvalue weighted by molar-refractivity contribution is 0.0731. The van der Waals surface area contributed by atoms with E-state index in [4.69, 9.17) is 0 Å². The van der Waals surface area contributed by atoms with E-state index in [1.807, 2.05) is 46.1 Å². The van der Waals surface area contributed by atoms with Gasteiger partial charge in [0, 0.05) is 55.3 Å². The van der Waals surface area contributed by atoms with Gasteiger partial charge in [-0.15, -0.1) is 11.3 Å². The number of benzene rings is 1. The van der Waals surface area contributed by atoms with Crippen LogP contribution in [0.2, 0.25) is 0 Å². The van der Waals surface area contributed by atoms with Crippen LogP contribution >= 0.6 is 11.3 Å². The summed E-state index contributed by atoms with van der Waals surface area (Å²) in [4.78, 5) is 24.2. The second kappa shape index (κ2) is 7.61. The first-order valence-electron chi connectivity index (χ1n) is 10.3. The van der Waals surface area contributed by atoms with E-state index < -0.39 is 0 Å². The Hall–Kier alpha value is -3.12. The van der Waals surface area contributed by atoms with Crippen LogP contribution in [0.1, 0.15) is 22.2 Å². The van der Waals surface area contributed by atoms with Crippen molar-refractivity contribution in [1.29, 1.82) is 0 Å². The molecule has 0 spiro atoms. The summed E-state index contributed by atoms with van der Waals surface area (Å²) in [7, 11) is 0. The predicted octanol–water partition coefficient (Wildman–Crippen LogP) is 4.75. The van der Waals surface area contributed by atoms with Crippen LogP contribution in [0.4, 0.5) is 5.69 Å². The largest absolute Gasteiger partial charge is 0.365 e. The highest BCUT2D eigenvalue weighted by atomic mass is 32.1. The Kier molecular flexibility index (Phi) is 4.79. The molecule has 152 valence electrons. The van der Waals surface area contributed by atoms with Gasteiger partial charge in [0.1, 0.15) is 9.71 Å². The Labute approximate surface area is 180 Å². The van der Waals surface area contributed by atoms with E-state index in [0.717, 1.165) is 27.3 Å². The Morgan fingerprint density at radius 1 is 1.10 bits per heavy atom. The van der Waals surface area contributed by atoms with Crippen LogP contribution in [-0.4, -0.2) is 46.0 Å². The van der Waals surface area contributed by atoms with Crippen molar-refractivity contribution in [2.75, 3.05) is 24.5 Å². The van der Waals surface area contributed by atoms with Gasteiger partial charge in [-0.25, -0.2) is 4.98 Å². The summed E-state index contributed by atoms with van der Waals surface area (Å²) in [5, 5.41) is 1.02. The maximum atomic E-state index is 13.6. The zero-order valence-electron chi connectivity index (χ0n) is 17.2. The van der Waals surface area contributed by atoms with Crippen molar-refractivity contribution in [3.8, 4) is 5.69 Å². The molecule has 1 saturated heterocycles. The molecule has 1 aliphatic heterocycles. The van der Waals surface area contributed by atoms with Crippen molar-refractivity contribution < 1.29 is 4.79 Å². The van der Waals surface area contributed by atoms with Gasteiger partial charge in [-0.1, -0.05) is 12.1 Å². The smallest absolute Gasteiger partial charge is 0.266 e. The monoisotopic (exact) mass is 416 g/mol. The van der Waals surface area contributed by atoms with Gasteiger partial charge in [-0.05, 0) is 55.8 Å². The number of carbonyl (C=O) groups is 1. The topological polar surface area (TPSA) is 41.4 Å². The third-order valence-corrected chi connectivity index (χ3v) is 6.84. The first-order chi connectivity index (χ1) is 14.6. The molecule has 1 aliphatic rings. The van der Waals surface area contributed by atoms with E-state index in [9.17, 15) is 4.79 Å². The number of nitrogens with zero attached hydrogens (tertiary/aromatic N) is 4. The van der Waals surface area contributed by atoms with Gasteiger partial charge in [0.05, 0.1) is 5.69 Å². The van der Waals surface area contributed by atoms with Crippen LogP contribution in [0, 0.1) is 6.92 Å². The molecule has 1 atom stereocenters. The van der Waals surface area contributed by atoms with E-state index in [2.05, 4.69) is 48.0 Å². The molecular weight excluding hydrogens is 392 g/mol. The molecule has 6 heteroatoms. The van der Waals surface area contributed by atoms with Crippen molar-refractivity contribution in [2.45, 2.75) is 19.9 Å². The lowest BCUT2D eigenvalue weighted by Crippen LogP contribution is -2.53. The van der Waals surface area contributed by atoms with Crippen molar-refractivity contribution in [1.82, 2.24) is 14.5 Å². The summed E-state index contributed by atoms with van der Waals surface area (Å²) < 4.78 is 2.03. The fraction of sp³-hybridized carbons (Fsp3) is 0.250. The Bertz CT molecular complexity index is 1200. The molecule has 3 aromatic heterocycles. The van der Waals surface area contributed by atoms with Crippen LogP contribution in [0.25, 0.3) is 15.9 Å². The summed E-state index contributed by atoms with van der Waals surface area (Å²) in [5.74, 6) is 0.0949. The Balaban J connectivity index is 1.45. The van der Waals surface area contributed by atoms with Gasteiger partial charge in [0.2, 0.25) is 0 Å². The average molecular weight is 417 g/mol. The highest BCUT2D eigenvalue weighted by Crippen LogP contribution is 2.34. The number of anilines is 1. The van der Waals surface area contributed by atoms with Crippen LogP contribution in [-0.2, 0) is 0 Å². The fourth-order valence-electron chi connectivity index (χ4n) is 4.28. The molecule has 1 aromatic carbocycles. The highest BCUT2D eigenvalue weighted by molar-refractivity contribution is 7.21. The molecule has 4 aromatic rings. The van der Waals surface area contributed by atoms with Crippen LogP contribution in [0.3, 0.4) is 0 Å². The maximum absolute atomic E-state index is 13.6. The van der Waals surface area contributed by atoms with Crippen molar-refractivity contribution in [2.24, 2.45) is 0 Å². The van der Waals surface area contributed by atoms with Crippen molar-refractivity contribution in [3.63, 3.8) is 0 Å². The normalized spacial score (nSPS) is 16.9. The minimum Gasteiger partial charge on any atom is -0.365 e. The van der Waals surface area contributed by atoms with Crippen molar-refractivity contribution >= 4 is 33.1 Å². The summed E-state index contributed by atoms with van der Waals surface area (Å²) in [5.41, 5.74) is 3.42. The number of carbonyl (C=O) groups excluding carboxylic acids is 1. The SMILES string of the molecule is Cc1cccc(N2CCN(C(=O)c3sc4ncccc4c3-n3cccc3)CC2C)c1. The number of piperazine rings is 1. The molecule has 4 heterocycles. The minimum absolute atomic E-state index is 0.0949. The summed E-state index contributed by atoms with van der Waals surface area (Å²) in [6.07, 6.45) is 5.77. The van der Waals surface area contributed by atoms with Gasteiger partial charge in [-0.2, -0.15) is 0 Å². The van der Waals surface area contributed by atoms with E-state index in [-0.39, 0.29) is 11.9 Å². The average Bonchev–Trinajstić information content (AvgIpc) is 3.40. The number of fused-ring (bicyclic) bond motifs is 1. The first kappa shape index (κ1) is 18.9. The lowest BCUT2D eigenvalue weighted by Gasteiger charge is -2.41. The molecule has 0 N–H and O–H groups in total. The van der Waals surface area contributed by atoms with E-state index in [1.165, 1.54) is 22.6 Å². The van der Waals surface area contributed by atoms with Gasteiger partial charge < -0.3 is 14.4 Å². The molecule has 1 fully saturated rings. The number of aromatic nitrogens is 2. The number of hydrogen-bond donors (Lipinski definition) is 0. The molecule has 0 bridgehead atoms. The number of pyridine rings is 1. The number of rotatable bonds is 3. The van der Waals surface area contributed by atoms with Gasteiger partial charge in [0.25, 0.3) is 5.91 Å². The molecule has 0 saturated carbocycles. The van der Waals surface area contributed by atoms with Crippen LogP contribution < -0.4 is 4.90 Å². The second-order valence-electron chi connectivity index (χ2n) is 7.86. The fourth-order valence-corrected chi connectivity index (χ4v) is 5.39. The summed E-state index contributed by atoms with van der Waals surface area (Å²) >= 11 is 1.49. The molecule has 1 unspecified atom stereocenters. The standard InChI is InChI=1S/C24H24N4OS/c1-17-7-5-8-19(15-17)28-14-13-27(16-18(28)2)24(29)22-21(26-11-3-4-12-26)20-9-6-10-25-23(20)30-22/h3-12,15,18H,13-14,16H2,1-2H3. The second-order valence-corrected chi connectivity index (χ2v) is 8.86. The lowest BCUT2D eigenvalue weighted by atomic mass is 10.1. The van der Waals surface area contributed by atoms with Gasteiger partial charge in [0.15, 0.2) is 0 Å².